The highest BCUT2D eigenvalue weighted by Gasteiger charge is 2.35. The average Bonchev–Trinajstić information content (AvgIpc) is 3.46. The number of aryl methyl sites for hydroxylation is 1. The number of hydrogen-bond donors (Lipinski definition) is 3. The Bertz CT molecular complexity index is 1510. The molecule has 3 aromatic heterocycles. The van der Waals surface area contributed by atoms with Crippen LogP contribution in [0.1, 0.15) is 55.0 Å². The van der Waals surface area contributed by atoms with Gasteiger partial charge in [0.25, 0.3) is 0 Å². The second kappa shape index (κ2) is 9.43. The Hall–Kier alpha value is -4.06. The zero-order valence-corrected chi connectivity index (χ0v) is 20.1. The third kappa shape index (κ3) is 4.59. The van der Waals surface area contributed by atoms with Crippen LogP contribution in [0.25, 0.3) is 27.7 Å². The maximum absolute atomic E-state index is 13.8. The SMILES string of the molecule is C[C@@H](NC(=O)CO)c1nc(C(F)(F)F)cc2c(-c3cccc(C(=C4CCC4)c4nncn4C)c3)n[nH]c12. The number of alkyl halides is 3. The number of nitrogens with zero attached hydrogens (tertiary/aromatic N) is 5. The van der Waals surface area contributed by atoms with E-state index in [4.69, 9.17) is 5.11 Å². The maximum atomic E-state index is 13.8. The Morgan fingerprint density at radius 1 is 1.27 bits per heavy atom. The van der Waals surface area contributed by atoms with Crippen LogP contribution in [0.5, 0.6) is 0 Å². The Morgan fingerprint density at radius 3 is 2.68 bits per heavy atom. The number of rotatable bonds is 6. The molecule has 0 radical (unpaired) electrons. The van der Waals surface area contributed by atoms with Crippen LogP contribution in [0.4, 0.5) is 13.2 Å². The molecule has 1 fully saturated rings. The highest BCUT2D eigenvalue weighted by molar-refractivity contribution is 5.95. The number of fused-ring (bicyclic) bond motifs is 1. The van der Waals surface area contributed by atoms with Crippen molar-refractivity contribution in [2.24, 2.45) is 7.05 Å². The molecule has 1 aromatic carbocycles. The van der Waals surface area contributed by atoms with E-state index in [1.54, 1.807) is 12.4 Å². The summed E-state index contributed by atoms with van der Waals surface area (Å²) >= 11 is 0. The number of amides is 1. The molecule has 1 amide bonds. The van der Waals surface area contributed by atoms with Crippen LogP contribution in [0.15, 0.2) is 42.2 Å². The largest absolute Gasteiger partial charge is 0.433 e. The van der Waals surface area contributed by atoms with Gasteiger partial charge in [0.1, 0.15) is 24.3 Å². The standard InChI is InChI=1S/C25H24F3N7O2/c1-13(30-19(37)11-36)21-23-17(10-18(31-21)25(26,27)28)22(32-33-23)16-8-4-7-15(9-16)20(14-5-3-6-14)24-34-29-12-35(24)2/h4,7-10,12-13,36H,3,5-6,11H2,1-2H3,(H,30,37)(H,32,33)/t13-/m1/s1. The number of nitrogens with one attached hydrogen (secondary N) is 2. The van der Waals surface area contributed by atoms with Gasteiger partial charge in [-0.05, 0) is 43.9 Å². The summed E-state index contributed by atoms with van der Waals surface area (Å²) in [6, 6.07) is 7.48. The molecule has 0 unspecified atom stereocenters. The summed E-state index contributed by atoms with van der Waals surface area (Å²) in [5, 5.41) is 27.2. The first-order valence-electron chi connectivity index (χ1n) is 11.7. The molecule has 1 saturated carbocycles. The number of carbonyl (C=O) groups excluding carboxylic acids is 1. The van der Waals surface area contributed by atoms with Crippen LogP contribution in [-0.2, 0) is 18.0 Å². The number of benzene rings is 1. The minimum Gasteiger partial charge on any atom is -0.387 e. The minimum atomic E-state index is -4.72. The van der Waals surface area contributed by atoms with Gasteiger partial charge in [-0.25, -0.2) is 4.98 Å². The Kier molecular flexibility index (Phi) is 6.28. The molecular formula is C25H24F3N7O2. The molecule has 3 heterocycles. The van der Waals surface area contributed by atoms with Crippen molar-refractivity contribution in [3.05, 3.63) is 65.0 Å². The van der Waals surface area contributed by atoms with Gasteiger partial charge < -0.3 is 15.0 Å². The van der Waals surface area contributed by atoms with E-state index in [2.05, 4.69) is 30.7 Å². The summed E-state index contributed by atoms with van der Waals surface area (Å²) in [5.74, 6) is -0.00864. The van der Waals surface area contributed by atoms with Crippen LogP contribution in [0.3, 0.4) is 0 Å². The van der Waals surface area contributed by atoms with E-state index in [9.17, 15) is 18.0 Å². The second-order valence-electron chi connectivity index (χ2n) is 9.01. The van der Waals surface area contributed by atoms with Gasteiger partial charge in [0, 0.05) is 23.6 Å². The van der Waals surface area contributed by atoms with Crippen molar-refractivity contribution < 1.29 is 23.1 Å². The average molecular weight is 512 g/mol. The number of aromatic nitrogens is 6. The molecule has 12 heteroatoms. The number of carbonyl (C=O) groups is 1. The van der Waals surface area contributed by atoms with Crippen LogP contribution in [-0.4, -0.2) is 47.6 Å². The lowest BCUT2D eigenvalue weighted by Gasteiger charge is -2.22. The van der Waals surface area contributed by atoms with E-state index in [1.165, 1.54) is 12.5 Å². The Morgan fingerprint density at radius 2 is 2.05 bits per heavy atom. The van der Waals surface area contributed by atoms with Crippen LogP contribution >= 0.6 is 0 Å². The first-order chi connectivity index (χ1) is 17.7. The first-order valence-corrected chi connectivity index (χ1v) is 11.7. The molecule has 0 aliphatic heterocycles. The van der Waals surface area contributed by atoms with Gasteiger partial charge in [-0.1, -0.05) is 23.8 Å². The lowest BCUT2D eigenvalue weighted by atomic mass is 9.84. The van der Waals surface area contributed by atoms with Crippen molar-refractivity contribution in [3.63, 3.8) is 0 Å². The van der Waals surface area contributed by atoms with Gasteiger partial charge in [-0.2, -0.15) is 18.3 Å². The highest BCUT2D eigenvalue weighted by atomic mass is 19.4. The first kappa shape index (κ1) is 24.6. The van der Waals surface area contributed by atoms with Crippen molar-refractivity contribution in [1.82, 2.24) is 35.3 Å². The van der Waals surface area contributed by atoms with Gasteiger partial charge in [-0.15, -0.1) is 10.2 Å². The van der Waals surface area contributed by atoms with Crippen molar-refractivity contribution in [3.8, 4) is 11.3 Å². The van der Waals surface area contributed by atoms with Gasteiger partial charge in [0.05, 0.1) is 17.3 Å². The molecule has 0 bridgehead atoms. The van der Waals surface area contributed by atoms with E-state index in [-0.39, 0.29) is 16.6 Å². The van der Waals surface area contributed by atoms with Crippen molar-refractivity contribution in [2.75, 3.05) is 6.61 Å². The van der Waals surface area contributed by atoms with Crippen LogP contribution in [0.2, 0.25) is 0 Å². The normalized spacial score (nSPS) is 14.5. The molecule has 192 valence electrons. The molecule has 1 aliphatic carbocycles. The summed E-state index contributed by atoms with van der Waals surface area (Å²) in [4.78, 5) is 15.5. The number of aliphatic hydroxyl groups is 1. The quantitative estimate of drug-likeness (QED) is 0.361. The lowest BCUT2D eigenvalue weighted by molar-refractivity contribution is -0.141. The number of hydrogen-bond acceptors (Lipinski definition) is 6. The van der Waals surface area contributed by atoms with Crippen molar-refractivity contribution in [1.29, 1.82) is 0 Å². The summed E-state index contributed by atoms with van der Waals surface area (Å²) in [6.07, 6.45) is -0.115. The molecule has 1 aliphatic rings. The molecule has 5 rings (SSSR count). The van der Waals surface area contributed by atoms with E-state index >= 15 is 0 Å². The summed E-state index contributed by atoms with van der Waals surface area (Å²) in [7, 11) is 1.86. The summed E-state index contributed by atoms with van der Waals surface area (Å²) in [5.41, 5.74) is 3.15. The predicted molar refractivity (Wildman–Crippen MR) is 129 cm³/mol. The zero-order valence-electron chi connectivity index (χ0n) is 20.1. The lowest BCUT2D eigenvalue weighted by Crippen LogP contribution is -2.30. The third-order valence-corrected chi connectivity index (χ3v) is 6.47. The third-order valence-electron chi connectivity index (χ3n) is 6.47. The monoisotopic (exact) mass is 511 g/mol. The summed E-state index contributed by atoms with van der Waals surface area (Å²) < 4.78 is 43.2. The maximum Gasteiger partial charge on any atom is 0.433 e. The fourth-order valence-corrected chi connectivity index (χ4v) is 4.50. The smallest absolute Gasteiger partial charge is 0.387 e. The van der Waals surface area contributed by atoms with Crippen molar-refractivity contribution in [2.45, 2.75) is 38.4 Å². The van der Waals surface area contributed by atoms with Crippen LogP contribution < -0.4 is 5.32 Å². The molecule has 0 saturated heterocycles. The fourth-order valence-electron chi connectivity index (χ4n) is 4.50. The molecule has 0 spiro atoms. The van der Waals surface area contributed by atoms with Gasteiger partial charge in [-0.3, -0.25) is 9.89 Å². The zero-order chi connectivity index (χ0) is 26.3. The van der Waals surface area contributed by atoms with Gasteiger partial charge in [0.15, 0.2) is 5.82 Å². The Labute approximate surface area is 209 Å². The van der Waals surface area contributed by atoms with Gasteiger partial charge in [0.2, 0.25) is 5.91 Å². The Balaban J connectivity index is 1.65. The molecule has 9 nitrogen and oxygen atoms in total. The molecule has 4 aromatic rings. The topological polar surface area (TPSA) is 122 Å². The molecular weight excluding hydrogens is 487 g/mol. The van der Waals surface area contributed by atoms with Crippen LogP contribution in [0, 0.1) is 0 Å². The number of allylic oxidation sites excluding steroid dienone is 1. The van der Waals surface area contributed by atoms with Crippen molar-refractivity contribution >= 4 is 22.4 Å². The number of halogens is 3. The molecule has 1 atom stereocenters. The molecule has 37 heavy (non-hydrogen) atoms. The van der Waals surface area contributed by atoms with Gasteiger partial charge >= 0.3 is 6.18 Å². The number of pyridine rings is 1. The second-order valence-corrected chi connectivity index (χ2v) is 9.01. The van der Waals surface area contributed by atoms with E-state index in [1.807, 2.05) is 29.8 Å². The predicted octanol–water partition coefficient (Wildman–Crippen LogP) is 3.93. The van der Waals surface area contributed by atoms with E-state index in [0.29, 0.717) is 11.3 Å². The number of aromatic amines is 1. The van der Waals surface area contributed by atoms with E-state index < -0.39 is 30.4 Å². The number of H-pyrrole nitrogens is 1. The minimum absolute atomic E-state index is 0.0297. The highest BCUT2D eigenvalue weighted by Crippen LogP contribution is 2.39. The fraction of sp³-hybridized carbons (Fsp3) is 0.320. The summed E-state index contributed by atoms with van der Waals surface area (Å²) in [6.45, 7) is 0.700. The molecule has 3 N–H and O–H groups in total. The van der Waals surface area contributed by atoms with E-state index in [0.717, 1.165) is 42.3 Å². The number of aliphatic hydroxyl groups excluding tert-OH is 1.